The molecule has 94 valence electrons. The summed E-state index contributed by atoms with van der Waals surface area (Å²) in [6.07, 6.45) is 3.24. The first-order valence-corrected chi connectivity index (χ1v) is 6.01. The lowest BCUT2D eigenvalue weighted by molar-refractivity contribution is 0.117. The van der Waals surface area contributed by atoms with Crippen LogP contribution >= 0.6 is 0 Å². The third-order valence-electron chi connectivity index (χ3n) is 3.96. The van der Waals surface area contributed by atoms with E-state index in [0.29, 0.717) is 0 Å². The summed E-state index contributed by atoms with van der Waals surface area (Å²) in [5, 5.41) is 9.64. The fourth-order valence-corrected chi connectivity index (χ4v) is 2.69. The molecule has 1 aromatic carbocycles. The van der Waals surface area contributed by atoms with Crippen LogP contribution in [0.15, 0.2) is 12.1 Å². The smallest absolute Gasteiger partial charge is 0.129 e. The molecule has 1 aromatic rings. The molecule has 0 aliphatic heterocycles. The van der Waals surface area contributed by atoms with E-state index in [1.54, 1.807) is 14.2 Å². The maximum atomic E-state index is 9.64. The van der Waals surface area contributed by atoms with Crippen molar-refractivity contribution in [2.45, 2.75) is 31.6 Å². The van der Waals surface area contributed by atoms with Crippen LogP contribution in [0.5, 0.6) is 11.5 Å². The van der Waals surface area contributed by atoms with E-state index in [4.69, 9.17) is 9.47 Å². The minimum absolute atomic E-state index is 0.0949. The van der Waals surface area contributed by atoms with E-state index < -0.39 is 0 Å². The van der Waals surface area contributed by atoms with Gasteiger partial charge in [0.25, 0.3) is 0 Å². The molecule has 0 amide bonds. The Morgan fingerprint density at radius 1 is 1.24 bits per heavy atom. The summed E-state index contributed by atoms with van der Waals surface area (Å²) in [5.41, 5.74) is 2.03. The highest BCUT2D eigenvalue weighted by molar-refractivity contribution is 5.53. The lowest BCUT2D eigenvalue weighted by Crippen LogP contribution is -2.38. The largest absolute Gasteiger partial charge is 0.496 e. The van der Waals surface area contributed by atoms with Gasteiger partial charge in [0.15, 0.2) is 0 Å². The third-order valence-corrected chi connectivity index (χ3v) is 3.96. The van der Waals surface area contributed by atoms with Crippen LogP contribution in [0.3, 0.4) is 0 Å². The molecule has 0 heterocycles. The Morgan fingerprint density at radius 3 is 2.35 bits per heavy atom. The SMILES string of the molecule is COc1ccc(C2(CO)CCC2)c(OC)c1C. The summed E-state index contributed by atoms with van der Waals surface area (Å²) in [7, 11) is 3.33. The van der Waals surface area contributed by atoms with Crippen LogP contribution in [0.4, 0.5) is 0 Å². The summed E-state index contributed by atoms with van der Waals surface area (Å²) in [4.78, 5) is 0. The van der Waals surface area contributed by atoms with E-state index in [1.807, 2.05) is 19.1 Å². The van der Waals surface area contributed by atoms with Crippen LogP contribution in [-0.2, 0) is 5.41 Å². The average molecular weight is 236 g/mol. The fraction of sp³-hybridized carbons (Fsp3) is 0.571. The highest BCUT2D eigenvalue weighted by atomic mass is 16.5. The fourth-order valence-electron chi connectivity index (χ4n) is 2.69. The Morgan fingerprint density at radius 2 is 1.94 bits per heavy atom. The average Bonchev–Trinajstić information content (AvgIpc) is 2.29. The first kappa shape index (κ1) is 12.2. The molecule has 0 atom stereocenters. The van der Waals surface area contributed by atoms with E-state index in [1.165, 1.54) is 6.42 Å². The highest BCUT2D eigenvalue weighted by Gasteiger charge is 2.40. The number of ether oxygens (including phenoxy) is 2. The molecule has 3 heteroatoms. The van der Waals surface area contributed by atoms with Crippen molar-refractivity contribution in [1.29, 1.82) is 0 Å². The van der Waals surface area contributed by atoms with Gasteiger partial charge >= 0.3 is 0 Å². The molecule has 0 saturated heterocycles. The normalized spacial score (nSPS) is 17.4. The zero-order valence-corrected chi connectivity index (χ0v) is 10.7. The van der Waals surface area contributed by atoms with Crippen molar-refractivity contribution in [1.82, 2.24) is 0 Å². The molecular weight excluding hydrogens is 216 g/mol. The van der Waals surface area contributed by atoms with Crippen molar-refractivity contribution in [3.8, 4) is 11.5 Å². The lowest BCUT2D eigenvalue weighted by atomic mass is 9.64. The third kappa shape index (κ3) is 1.78. The van der Waals surface area contributed by atoms with Crippen LogP contribution in [-0.4, -0.2) is 25.9 Å². The van der Waals surface area contributed by atoms with Crippen LogP contribution < -0.4 is 9.47 Å². The van der Waals surface area contributed by atoms with Gasteiger partial charge in [-0.3, -0.25) is 0 Å². The molecule has 3 nitrogen and oxygen atoms in total. The summed E-state index contributed by atoms with van der Waals surface area (Å²) in [6, 6.07) is 3.99. The molecule has 1 saturated carbocycles. The quantitative estimate of drug-likeness (QED) is 0.872. The summed E-state index contributed by atoms with van der Waals surface area (Å²) in [5.74, 6) is 1.69. The number of rotatable bonds is 4. The van der Waals surface area contributed by atoms with Gasteiger partial charge in [-0.15, -0.1) is 0 Å². The predicted octanol–water partition coefficient (Wildman–Crippen LogP) is 2.43. The molecule has 1 N–H and O–H groups in total. The van der Waals surface area contributed by atoms with Gasteiger partial charge < -0.3 is 14.6 Å². The van der Waals surface area contributed by atoms with Crippen molar-refractivity contribution in [2.75, 3.05) is 20.8 Å². The van der Waals surface area contributed by atoms with Gasteiger partial charge in [-0.2, -0.15) is 0 Å². The predicted molar refractivity (Wildman–Crippen MR) is 66.9 cm³/mol. The van der Waals surface area contributed by atoms with Crippen molar-refractivity contribution in [3.05, 3.63) is 23.3 Å². The summed E-state index contributed by atoms with van der Waals surface area (Å²) < 4.78 is 10.8. The summed E-state index contributed by atoms with van der Waals surface area (Å²) in [6.45, 7) is 2.18. The van der Waals surface area contributed by atoms with E-state index >= 15 is 0 Å². The molecule has 1 aliphatic rings. The minimum atomic E-state index is -0.0949. The molecule has 0 unspecified atom stereocenters. The van der Waals surface area contributed by atoms with Gasteiger partial charge in [0.2, 0.25) is 0 Å². The molecule has 0 aromatic heterocycles. The lowest BCUT2D eigenvalue weighted by Gasteiger charge is -2.41. The van der Waals surface area contributed by atoms with Crippen molar-refractivity contribution < 1.29 is 14.6 Å². The number of hydrogen-bond acceptors (Lipinski definition) is 3. The molecule has 0 radical (unpaired) electrons. The van der Waals surface area contributed by atoms with Crippen molar-refractivity contribution in [2.24, 2.45) is 0 Å². The maximum Gasteiger partial charge on any atom is 0.129 e. The Balaban J connectivity index is 2.51. The van der Waals surface area contributed by atoms with Gasteiger partial charge in [-0.1, -0.05) is 12.5 Å². The van der Waals surface area contributed by atoms with Gasteiger partial charge in [0.05, 0.1) is 20.8 Å². The number of aliphatic hydroxyl groups is 1. The zero-order valence-electron chi connectivity index (χ0n) is 10.7. The van der Waals surface area contributed by atoms with E-state index in [0.717, 1.165) is 35.5 Å². The van der Waals surface area contributed by atoms with Crippen molar-refractivity contribution >= 4 is 0 Å². The topological polar surface area (TPSA) is 38.7 Å². The zero-order chi connectivity index (χ0) is 12.5. The van der Waals surface area contributed by atoms with Crippen LogP contribution in [0.2, 0.25) is 0 Å². The Hall–Kier alpha value is -1.22. The summed E-state index contributed by atoms with van der Waals surface area (Å²) >= 11 is 0. The monoisotopic (exact) mass is 236 g/mol. The Labute approximate surface area is 102 Å². The molecule has 17 heavy (non-hydrogen) atoms. The van der Waals surface area contributed by atoms with Crippen LogP contribution in [0.1, 0.15) is 30.4 Å². The van der Waals surface area contributed by atoms with Gasteiger partial charge in [-0.05, 0) is 25.8 Å². The molecular formula is C14H20O3. The molecule has 2 rings (SSSR count). The molecule has 1 fully saturated rings. The number of hydrogen-bond donors (Lipinski definition) is 1. The second kappa shape index (κ2) is 4.57. The first-order valence-electron chi connectivity index (χ1n) is 6.01. The molecule has 0 spiro atoms. The standard InChI is InChI=1S/C14H20O3/c1-10-12(16-2)6-5-11(13(10)17-3)14(9-15)7-4-8-14/h5-6,15H,4,7-9H2,1-3H3. The number of benzene rings is 1. The maximum absolute atomic E-state index is 9.64. The number of methoxy groups -OCH3 is 2. The van der Waals surface area contributed by atoms with Crippen LogP contribution in [0, 0.1) is 6.92 Å². The molecule has 0 bridgehead atoms. The van der Waals surface area contributed by atoms with Crippen molar-refractivity contribution in [3.63, 3.8) is 0 Å². The Bertz CT molecular complexity index is 403. The Kier molecular flexibility index (Phi) is 3.29. The van der Waals surface area contributed by atoms with E-state index in [-0.39, 0.29) is 12.0 Å². The van der Waals surface area contributed by atoms with Crippen LogP contribution in [0.25, 0.3) is 0 Å². The molecule has 1 aliphatic carbocycles. The minimum Gasteiger partial charge on any atom is -0.496 e. The van der Waals surface area contributed by atoms with Gasteiger partial charge in [0.1, 0.15) is 11.5 Å². The number of aliphatic hydroxyl groups excluding tert-OH is 1. The van der Waals surface area contributed by atoms with E-state index in [2.05, 4.69) is 0 Å². The second-order valence-corrected chi connectivity index (χ2v) is 4.77. The van der Waals surface area contributed by atoms with Gasteiger partial charge in [0, 0.05) is 16.5 Å². The highest BCUT2D eigenvalue weighted by Crippen LogP contribution is 2.48. The van der Waals surface area contributed by atoms with E-state index in [9.17, 15) is 5.11 Å². The first-order chi connectivity index (χ1) is 8.18. The second-order valence-electron chi connectivity index (χ2n) is 4.77. The van der Waals surface area contributed by atoms with Gasteiger partial charge in [-0.25, -0.2) is 0 Å².